The van der Waals surface area contributed by atoms with Crippen molar-refractivity contribution < 1.29 is 27.2 Å². The molecule has 1 aromatic heterocycles. The molecule has 0 atom stereocenters. The first kappa shape index (κ1) is 21.6. The molecule has 2 heterocycles. The van der Waals surface area contributed by atoms with Gasteiger partial charge in [0, 0.05) is 24.0 Å². The van der Waals surface area contributed by atoms with E-state index in [1.54, 1.807) is 4.90 Å². The lowest BCUT2D eigenvalue weighted by Gasteiger charge is -2.19. The fraction of sp³-hybridized carbons (Fsp3) is 0.167. The summed E-state index contributed by atoms with van der Waals surface area (Å²) in [5, 5.41) is 7.24. The molecule has 10 heteroatoms. The van der Waals surface area contributed by atoms with Crippen molar-refractivity contribution >= 4 is 34.2 Å². The van der Waals surface area contributed by atoms with Crippen molar-refractivity contribution in [1.82, 2.24) is 5.16 Å². The number of hydrogen-bond acceptors (Lipinski definition) is 5. The van der Waals surface area contributed by atoms with E-state index in [1.165, 1.54) is 18.2 Å². The maximum absolute atomic E-state index is 12.9. The molecule has 174 valence electrons. The van der Waals surface area contributed by atoms with Crippen molar-refractivity contribution in [2.45, 2.75) is 19.7 Å². The number of carbonyl (C=O) groups excluding carboxylic acids is 1. The summed E-state index contributed by atoms with van der Waals surface area (Å²) in [6.07, 6.45) is -4.18. The van der Waals surface area contributed by atoms with Crippen LogP contribution in [0.5, 0.6) is 5.75 Å². The van der Waals surface area contributed by atoms with Gasteiger partial charge >= 0.3 is 12.4 Å². The normalized spacial score (nSPS) is 13.2. The van der Waals surface area contributed by atoms with Gasteiger partial charge in [-0.25, -0.2) is 4.79 Å². The monoisotopic (exact) mass is 468 g/mol. The van der Waals surface area contributed by atoms with Crippen molar-refractivity contribution in [3.8, 4) is 16.9 Å². The molecule has 3 N–H and O–H groups in total. The molecular weight excluding hydrogens is 449 g/mol. The van der Waals surface area contributed by atoms with E-state index in [4.69, 9.17) is 10.3 Å². The third-order valence-corrected chi connectivity index (χ3v) is 5.60. The van der Waals surface area contributed by atoms with E-state index in [-0.39, 0.29) is 5.69 Å². The van der Waals surface area contributed by atoms with Crippen molar-refractivity contribution in [1.29, 1.82) is 0 Å². The van der Waals surface area contributed by atoms with E-state index in [0.29, 0.717) is 24.4 Å². The minimum absolute atomic E-state index is 0.196. The minimum Gasteiger partial charge on any atom is -0.406 e. The lowest BCUT2D eigenvalue weighted by Crippen LogP contribution is -2.33. The number of aromatic nitrogens is 1. The van der Waals surface area contributed by atoms with Crippen LogP contribution >= 0.6 is 0 Å². The van der Waals surface area contributed by atoms with Gasteiger partial charge < -0.3 is 20.3 Å². The Hall–Kier alpha value is -4.21. The number of fused-ring (bicyclic) bond motifs is 2. The highest BCUT2D eigenvalue weighted by Crippen LogP contribution is 2.38. The average molecular weight is 468 g/mol. The lowest BCUT2D eigenvalue weighted by atomic mass is 9.97. The van der Waals surface area contributed by atoms with Gasteiger partial charge in [0.1, 0.15) is 5.75 Å². The molecule has 0 aliphatic carbocycles. The molecule has 0 radical (unpaired) electrons. The van der Waals surface area contributed by atoms with Crippen molar-refractivity contribution in [3.63, 3.8) is 0 Å². The Morgan fingerprint density at radius 3 is 2.79 bits per heavy atom. The molecule has 0 saturated carbocycles. The molecular formula is C24H19F3N4O3. The molecule has 5 rings (SSSR count). The minimum atomic E-state index is -4.81. The summed E-state index contributed by atoms with van der Waals surface area (Å²) in [5.74, 6) is -0.0996. The molecule has 34 heavy (non-hydrogen) atoms. The standard InChI is InChI=1S/C24H19F3N4O3/c1-13-9-18(21-20(10-13)34-30-22(21)28)14-5-6-19-15(11-14)7-8-31(19)23(32)29-16-3-2-4-17(12-16)33-24(25,26)27/h2-6,9-12H,7-8H2,1H3,(H2,28,30)(H,29,32). The predicted molar refractivity (Wildman–Crippen MR) is 122 cm³/mol. The zero-order valence-corrected chi connectivity index (χ0v) is 17.9. The first-order valence-electron chi connectivity index (χ1n) is 10.4. The van der Waals surface area contributed by atoms with E-state index in [2.05, 4.69) is 15.2 Å². The summed E-state index contributed by atoms with van der Waals surface area (Å²) < 4.78 is 46.7. The number of urea groups is 1. The first-order valence-corrected chi connectivity index (χ1v) is 10.4. The van der Waals surface area contributed by atoms with Gasteiger partial charge in [0.15, 0.2) is 11.4 Å². The van der Waals surface area contributed by atoms with Crippen LogP contribution in [0, 0.1) is 6.92 Å². The third-order valence-electron chi connectivity index (χ3n) is 5.60. The Morgan fingerprint density at radius 1 is 1.18 bits per heavy atom. The number of alkyl halides is 3. The zero-order valence-electron chi connectivity index (χ0n) is 17.9. The molecule has 0 saturated heterocycles. The Bertz CT molecular complexity index is 1410. The second kappa shape index (κ2) is 7.98. The van der Waals surface area contributed by atoms with Crippen LogP contribution in [-0.4, -0.2) is 24.1 Å². The summed E-state index contributed by atoms with van der Waals surface area (Å²) in [6.45, 7) is 2.39. The van der Waals surface area contributed by atoms with Crippen LogP contribution in [0.3, 0.4) is 0 Å². The highest BCUT2D eigenvalue weighted by Gasteiger charge is 2.31. The number of nitrogens with one attached hydrogen (secondary N) is 1. The predicted octanol–water partition coefficient (Wildman–Crippen LogP) is 5.88. The zero-order chi connectivity index (χ0) is 24.0. The fourth-order valence-electron chi connectivity index (χ4n) is 4.20. The third kappa shape index (κ3) is 4.09. The molecule has 2 amide bonds. The van der Waals surface area contributed by atoms with Crippen molar-refractivity contribution in [2.75, 3.05) is 22.5 Å². The first-order chi connectivity index (χ1) is 16.2. The molecule has 7 nitrogen and oxygen atoms in total. The average Bonchev–Trinajstić information content (AvgIpc) is 3.35. The molecule has 0 spiro atoms. The van der Waals surface area contributed by atoms with E-state index in [0.717, 1.165) is 39.4 Å². The van der Waals surface area contributed by atoms with Crippen LogP contribution in [0.15, 0.2) is 59.1 Å². The van der Waals surface area contributed by atoms with Crippen LogP contribution in [0.1, 0.15) is 11.1 Å². The Kier molecular flexibility index (Phi) is 5.07. The molecule has 0 bridgehead atoms. The number of nitrogen functional groups attached to an aromatic ring is 1. The molecule has 4 aromatic rings. The van der Waals surface area contributed by atoms with Crippen molar-refractivity contribution in [3.05, 3.63) is 65.7 Å². The fourth-order valence-corrected chi connectivity index (χ4v) is 4.20. The lowest BCUT2D eigenvalue weighted by molar-refractivity contribution is -0.274. The summed E-state index contributed by atoms with van der Waals surface area (Å²) in [7, 11) is 0. The van der Waals surface area contributed by atoms with Gasteiger partial charge in [-0.1, -0.05) is 23.4 Å². The second-order valence-corrected chi connectivity index (χ2v) is 8.00. The topological polar surface area (TPSA) is 93.6 Å². The van der Waals surface area contributed by atoms with Gasteiger partial charge in [0.25, 0.3) is 0 Å². The number of ether oxygens (including phenoxy) is 1. The number of hydrogen-bond donors (Lipinski definition) is 2. The maximum Gasteiger partial charge on any atom is 0.573 e. The van der Waals surface area contributed by atoms with Gasteiger partial charge in [-0.3, -0.25) is 4.90 Å². The van der Waals surface area contributed by atoms with Crippen molar-refractivity contribution in [2.24, 2.45) is 0 Å². The molecule has 0 fully saturated rings. The van der Waals surface area contributed by atoms with Gasteiger partial charge in [-0.2, -0.15) is 0 Å². The summed E-state index contributed by atoms with van der Waals surface area (Å²) in [4.78, 5) is 14.4. The number of nitrogens with zero attached hydrogens (tertiary/aromatic N) is 2. The number of amides is 2. The summed E-state index contributed by atoms with van der Waals surface area (Å²) in [6, 6.07) is 14.3. The summed E-state index contributed by atoms with van der Waals surface area (Å²) >= 11 is 0. The van der Waals surface area contributed by atoms with E-state index >= 15 is 0 Å². The molecule has 1 aliphatic rings. The Morgan fingerprint density at radius 2 is 2.00 bits per heavy atom. The van der Waals surface area contributed by atoms with Crippen LogP contribution in [-0.2, 0) is 6.42 Å². The van der Waals surface area contributed by atoms with E-state index in [9.17, 15) is 18.0 Å². The van der Waals surface area contributed by atoms with Gasteiger partial charge in [0.2, 0.25) is 0 Å². The van der Waals surface area contributed by atoms with Crippen LogP contribution < -0.4 is 20.7 Å². The number of carbonyl (C=O) groups is 1. The van der Waals surface area contributed by atoms with E-state index in [1.807, 2.05) is 37.3 Å². The number of aryl methyl sites for hydroxylation is 1. The number of nitrogens with two attached hydrogens (primary N) is 1. The number of benzene rings is 3. The molecule has 1 aliphatic heterocycles. The number of rotatable bonds is 3. The Labute approximate surface area is 191 Å². The quantitative estimate of drug-likeness (QED) is 0.392. The highest BCUT2D eigenvalue weighted by atomic mass is 19.4. The maximum atomic E-state index is 12.9. The van der Waals surface area contributed by atoms with Crippen LogP contribution in [0.2, 0.25) is 0 Å². The van der Waals surface area contributed by atoms with Gasteiger partial charge in [-0.15, -0.1) is 13.2 Å². The summed E-state index contributed by atoms with van der Waals surface area (Å²) in [5.41, 5.74) is 11.3. The van der Waals surface area contributed by atoms with Gasteiger partial charge in [0.05, 0.1) is 5.39 Å². The Balaban J connectivity index is 1.40. The SMILES string of the molecule is Cc1cc(-c2ccc3c(c2)CCN3C(=O)Nc2cccc(OC(F)(F)F)c2)c2c(N)noc2c1. The number of anilines is 3. The van der Waals surface area contributed by atoms with E-state index < -0.39 is 18.1 Å². The molecule has 0 unspecified atom stereocenters. The number of halogens is 3. The highest BCUT2D eigenvalue weighted by molar-refractivity contribution is 6.04. The smallest absolute Gasteiger partial charge is 0.406 e. The van der Waals surface area contributed by atoms with Crippen LogP contribution in [0.4, 0.5) is 35.2 Å². The van der Waals surface area contributed by atoms with Gasteiger partial charge in [-0.05, 0) is 65.9 Å². The van der Waals surface area contributed by atoms with Crippen LogP contribution in [0.25, 0.3) is 22.1 Å². The molecule has 3 aromatic carbocycles. The second-order valence-electron chi connectivity index (χ2n) is 8.00. The largest absolute Gasteiger partial charge is 0.573 e.